The Bertz CT molecular complexity index is 1260. The maximum Gasteiger partial charge on any atom is 0.416 e. The van der Waals surface area contributed by atoms with Crippen molar-refractivity contribution in [3.8, 4) is 5.69 Å². The molecule has 2 aliphatic carbocycles. The Morgan fingerprint density at radius 2 is 1.84 bits per heavy atom. The van der Waals surface area contributed by atoms with E-state index in [2.05, 4.69) is 0 Å². The maximum absolute atomic E-state index is 13.7. The van der Waals surface area contributed by atoms with E-state index in [0.29, 0.717) is 28.2 Å². The fraction of sp³-hybridized carbons (Fsp3) is 0.435. The van der Waals surface area contributed by atoms with Crippen LogP contribution in [0.15, 0.2) is 34.2 Å². The standard InChI is InChI=1S/C23H21F3N2O2S2/c24-23(25,26)13-6-5-7-14(12-13)28-21(30)19-15-8-1-3-10-17(15)31-20(19)27-22(28)32-18-11-4-2-9-16(18)29/h5-7,12,18H,1-4,8-11H2. The van der Waals surface area contributed by atoms with Crippen molar-refractivity contribution in [2.24, 2.45) is 0 Å². The zero-order valence-electron chi connectivity index (χ0n) is 17.2. The number of alkyl halides is 3. The number of carbonyl (C=O) groups excluding carboxylic acids is 1. The van der Waals surface area contributed by atoms with Crippen molar-refractivity contribution in [3.05, 3.63) is 50.6 Å². The van der Waals surface area contributed by atoms with Gasteiger partial charge in [0.15, 0.2) is 5.16 Å². The molecule has 2 aliphatic rings. The molecule has 3 aromatic rings. The first-order chi connectivity index (χ1) is 15.3. The summed E-state index contributed by atoms with van der Waals surface area (Å²) < 4.78 is 41.4. The summed E-state index contributed by atoms with van der Waals surface area (Å²) in [6.07, 6.45) is 2.11. The van der Waals surface area contributed by atoms with Crippen LogP contribution in [0, 0.1) is 0 Å². The van der Waals surface area contributed by atoms with Crippen LogP contribution in [0.1, 0.15) is 54.5 Å². The van der Waals surface area contributed by atoms with Gasteiger partial charge in [0.1, 0.15) is 10.6 Å². The summed E-state index contributed by atoms with van der Waals surface area (Å²) in [7, 11) is 0. The SMILES string of the molecule is O=C1CCCCC1Sc1nc2sc3c(c2c(=O)n1-c1cccc(C(F)(F)F)c1)CCCC3. The summed E-state index contributed by atoms with van der Waals surface area (Å²) in [5, 5.41) is 0.474. The molecular weight excluding hydrogens is 457 g/mol. The van der Waals surface area contributed by atoms with Crippen LogP contribution in [0.4, 0.5) is 13.2 Å². The second kappa shape index (κ2) is 8.33. The molecule has 32 heavy (non-hydrogen) atoms. The van der Waals surface area contributed by atoms with E-state index in [1.807, 2.05) is 0 Å². The van der Waals surface area contributed by atoms with Crippen LogP contribution in [-0.4, -0.2) is 20.6 Å². The molecule has 0 spiro atoms. The fourth-order valence-corrected chi connectivity index (χ4v) is 7.05. The number of rotatable bonds is 3. The molecule has 0 saturated heterocycles. The summed E-state index contributed by atoms with van der Waals surface area (Å²) in [6.45, 7) is 0. The molecule has 1 aromatic carbocycles. The lowest BCUT2D eigenvalue weighted by atomic mass is 9.97. The molecule has 1 atom stereocenters. The Labute approximate surface area is 190 Å². The highest BCUT2D eigenvalue weighted by Crippen LogP contribution is 2.38. The van der Waals surface area contributed by atoms with E-state index >= 15 is 0 Å². The number of Topliss-reactive ketones (excluding diaryl/α,β-unsaturated/α-hetero) is 1. The largest absolute Gasteiger partial charge is 0.416 e. The lowest BCUT2D eigenvalue weighted by Gasteiger charge is -2.21. The molecule has 0 aliphatic heterocycles. The average molecular weight is 479 g/mol. The Hall–Kier alpha value is -2.13. The van der Waals surface area contributed by atoms with Crippen LogP contribution in [0.5, 0.6) is 0 Å². The molecule has 1 unspecified atom stereocenters. The number of fused-ring (bicyclic) bond motifs is 3. The van der Waals surface area contributed by atoms with E-state index in [0.717, 1.165) is 61.1 Å². The maximum atomic E-state index is 13.7. The third-order valence-corrected chi connectivity index (χ3v) is 8.59. The normalized spacial score (nSPS) is 19.3. The highest BCUT2D eigenvalue weighted by atomic mass is 32.2. The van der Waals surface area contributed by atoms with Gasteiger partial charge < -0.3 is 0 Å². The van der Waals surface area contributed by atoms with Crippen LogP contribution in [0.3, 0.4) is 0 Å². The minimum Gasteiger partial charge on any atom is -0.298 e. The van der Waals surface area contributed by atoms with Gasteiger partial charge in [0.25, 0.3) is 5.56 Å². The van der Waals surface area contributed by atoms with E-state index < -0.39 is 11.7 Å². The zero-order chi connectivity index (χ0) is 22.5. The molecule has 2 heterocycles. The van der Waals surface area contributed by atoms with Gasteiger partial charge in [0, 0.05) is 11.3 Å². The minimum atomic E-state index is -4.52. The smallest absolute Gasteiger partial charge is 0.298 e. The van der Waals surface area contributed by atoms with Gasteiger partial charge in [-0.05, 0) is 62.3 Å². The number of aromatic nitrogens is 2. The number of halogens is 3. The van der Waals surface area contributed by atoms with E-state index in [9.17, 15) is 22.8 Å². The lowest BCUT2D eigenvalue weighted by molar-refractivity contribution is -0.137. The molecule has 0 radical (unpaired) electrons. The third-order valence-electron chi connectivity index (χ3n) is 6.14. The van der Waals surface area contributed by atoms with Crippen LogP contribution >= 0.6 is 23.1 Å². The van der Waals surface area contributed by atoms with Crippen LogP contribution in [-0.2, 0) is 23.8 Å². The van der Waals surface area contributed by atoms with Gasteiger partial charge in [-0.1, -0.05) is 24.2 Å². The summed E-state index contributed by atoms with van der Waals surface area (Å²) in [5.41, 5.74) is -0.0565. The van der Waals surface area contributed by atoms with Crippen molar-refractivity contribution >= 4 is 39.1 Å². The molecule has 0 bridgehead atoms. The Balaban J connectivity index is 1.72. The number of nitrogens with zero attached hydrogens (tertiary/aromatic N) is 2. The van der Waals surface area contributed by atoms with Crippen molar-refractivity contribution in [1.82, 2.24) is 9.55 Å². The minimum absolute atomic E-state index is 0.108. The summed E-state index contributed by atoms with van der Waals surface area (Å²) in [5.74, 6) is 0.108. The molecule has 5 rings (SSSR count). The Morgan fingerprint density at radius 3 is 2.62 bits per heavy atom. The van der Waals surface area contributed by atoms with Crippen molar-refractivity contribution in [1.29, 1.82) is 0 Å². The van der Waals surface area contributed by atoms with Gasteiger partial charge in [0.2, 0.25) is 0 Å². The summed E-state index contributed by atoms with van der Waals surface area (Å²) in [4.78, 5) is 32.7. The van der Waals surface area contributed by atoms with Gasteiger partial charge in [-0.3, -0.25) is 14.2 Å². The zero-order valence-corrected chi connectivity index (χ0v) is 18.8. The molecule has 1 saturated carbocycles. The molecular formula is C23H21F3N2O2S2. The monoisotopic (exact) mass is 478 g/mol. The number of thiophene rings is 1. The van der Waals surface area contributed by atoms with Gasteiger partial charge in [0.05, 0.1) is 21.9 Å². The molecule has 168 valence electrons. The number of thioether (sulfide) groups is 1. The second-order valence-electron chi connectivity index (χ2n) is 8.29. The predicted octanol–water partition coefficient (Wildman–Crippen LogP) is 5.95. The lowest BCUT2D eigenvalue weighted by Crippen LogP contribution is -2.26. The first-order valence-electron chi connectivity index (χ1n) is 10.8. The van der Waals surface area contributed by atoms with Crippen molar-refractivity contribution in [3.63, 3.8) is 0 Å². The number of benzene rings is 1. The van der Waals surface area contributed by atoms with E-state index in [4.69, 9.17) is 4.98 Å². The quantitative estimate of drug-likeness (QED) is 0.437. The average Bonchev–Trinajstić information content (AvgIpc) is 3.13. The summed E-state index contributed by atoms with van der Waals surface area (Å²) in [6, 6.07) is 4.78. The molecule has 1 fully saturated rings. The number of carbonyl (C=O) groups is 1. The molecule has 2 aromatic heterocycles. The van der Waals surface area contributed by atoms with Gasteiger partial charge in [-0.15, -0.1) is 11.3 Å². The van der Waals surface area contributed by atoms with Gasteiger partial charge in [-0.2, -0.15) is 13.2 Å². The van der Waals surface area contributed by atoms with Crippen molar-refractivity contribution < 1.29 is 18.0 Å². The Morgan fingerprint density at radius 1 is 1.06 bits per heavy atom. The van der Waals surface area contributed by atoms with Crippen molar-refractivity contribution in [2.45, 2.75) is 67.9 Å². The number of hydrogen-bond acceptors (Lipinski definition) is 5. The number of aryl methyl sites for hydroxylation is 2. The Kier molecular flexibility index (Phi) is 5.65. The summed E-state index contributed by atoms with van der Waals surface area (Å²) >= 11 is 2.71. The number of hydrogen-bond donors (Lipinski definition) is 0. The second-order valence-corrected chi connectivity index (χ2v) is 10.5. The highest BCUT2D eigenvalue weighted by molar-refractivity contribution is 8.00. The molecule has 0 amide bonds. The van der Waals surface area contributed by atoms with Gasteiger partial charge in [-0.25, -0.2) is 4.98 Å². The third kappa shape index (κ3) is 3.90. The predicted molar refractivity (Wildman–Crippen MR) is 120 cm³/mol. The first kappa shape index (κ1) is 21.7. The molecule has 4 nitrogen and oxygen atoms in total. The van der Waals surface area contributed by atoms with Crippen LogP contribution in [0.2, 0.25) is 0 Å². The van der Waals surface area contributed by atoms with Crippen LogP contribution < -0.4 is 5.56 Å². The highest BCUT2D eigenvalue weighted by Gasteiger charge is 2.32. The molecule has 0 N–H and O–H groups in total. The van der Waals surface area contributed by atoms with E-state index in [1.165, 1.54) is 39.8 Å². The number of ketones is 1. The fourth-order valence-electron chi connectivity index (χ4n) is 4.52. The topological polar surface area (TPSA) is 52.0 Å². The van der Waals surface area contributed by atoms with E-state index in [1.54, 1.807) is 0 Å². The van der Waals surface area contributed by atoms with Crippen LogP contribution in [0.25, 0.3) is 15.9 Å². The first-order valence-corrected chi connectivity index (χ1v) is 12.5. The molecule has 9 heteroatoms. The van der Waals surface area contributed by atoms with Crippen molar-refractivity contribution in [2.75, 3.05) is 0 Å². The van der Waals surface area contributed by atoms with Gasteiger partial charge >= 0.3 is 6.18 Å². The van der Waals surface area contributed by atoms with E-state index in [-0.39, 0.29) is 22.3 Å².